The first-order valence-electron chi connectivity index (χ1n) is 5.10. The Hall–Kier alpha value is -1.98. The highest BCUT2D eigenvalue weighted by Crippen LogP contribution is 2.21. The van der Waals surface area contributed by atoms with Gasteiger partial charge in [0, 0.05) is 11.6 Å². The molecule has 0 saturated heterocycles. The number of hydrogen-bond acceptors (Lipinski definition) is 4. The van der Waals surface area contributed by atoms with Crippen LogP contribution in [0, 0.1) is 0 Å². The van der Waals surface area contributed by atoms with Crippen LogP contribution in [0.25, 0.3) is 10.9 Å². The minimum Gasteiger partial charge on any atom is -0.385 e. The van der Waals surface area contributed by atoms with Gasteiger partial charge in [0.2, 0.25) is 5.91 Å². The van der Waals surface area contributed by atoms with Crippen LogP contribution in [0.1, 0.15) is 11.7 Å². The fraction of sp³-hybridized carbons (Fsp3) is 0.167. The van der Waals surface area contributed by atoms with Gasteiger partial charge in [-0.2, -0.15) is 0 Å². The maximum atomic E-state index is 10.8. The number of carbonyl (C=O) groups excluding carboxylic acids is 1. The van der Waals surface area contributed by atoms with Gasteiger partial charge in [-0.3, -0.25) is 9.78 Å². The predicted molar refractivity (Wildman–Crippen MR) is 61.9 cm³/mol. The molecule has 5 heteroatoms. The van der Waals surface area contributed by atoms with Crippen molar-refractivity contribution < 1.29 is 15.0 Å². The fourth-order valence-corrected chi connectivity index (χ4v) is 1.61. The van der Waals surface area contributed by atoms with Gasteiger partial charge < -0.3 is 15.9 Å². The molecule has 0 aliphatic rings. The lowest BCUT2D eigenvalue weighted by atomic mass is 10.0. The van der Waals surface area contributed by atoms with Crippen LogP contribution in [0.3, 0.4) is 0 Å². The van der Waals surface area contributed by atoms with E-state index in [1.807, 2.05) is 6.07 Å². The summed E-state index contributed by atoms with van der Waals surface area (Å²) in [6.07, 6.45) is -1.32. The minimum atomic E-state index is -1.61. The molecule has 0 saturated carbocycles. The first-order chi connectivity index (χ1) is 8.09. The number of aromatic nitrogens is 1. The third-order valence-electron chi connectivity index (χ3n) is 2.56. The normalized spacial score (nSPS) is 14.5. The lowest BCUT2D eigenvalue weighted by molar-refractivity contribution is -0.131. The molecule has 0 bridgehead atoms. The van der Waals surface area contributed by atoms with Crippen molar-refractivity contribution in [3.05, 3.63) is 42.1 Å². The zero-order chi connectivity index (χ0) is 12.4. The molecule has 1 heterocycles. The molecule has 88 valence electrons. The maximum absolute atomic E-state index is 10.8. The molecule has 2 rings (SSSR count). The number of fused-ring (bicyclic) bond motifs is 1. The Morgan fingerprint density at radius 3 is 2.76 bits per heavy atom. The molecule has 0 aliphatic carbocycles. The van der Waals surface area contributed by atoms with E-state index in [4.69, 9.17) is 5.73 Å². The predicted octanol–water partition coefficient (Wildman–Crippen LogP) is 0.114. The molecule has 17 heavy (non-hydrogen) atoms. The molecule has 4 N–H and O–H groups in total. The molecular weight excluding hydrogens is 220 g/mol. The smallest absolute Gasteiger partial charge is 0.249 e. The summed E-state index contributed by atoms with van der Waals surface area (Å²) in [4.78, 5) is 14.9. The van der Waals surface area contributed by atoms with E-state index in [2.05, 4.69) is 4.98 Å². The van der Waals surface area contributed by atoms with Crippen LogP contribution < -0.4 is 5.73 Å². The van der Waals surface area contributed by atoms with Gasteiger partial charge in [-0.15, -0.1) is 0 Å². The highest BCUT2D eigenvalue weighted by molar-refractivity contribution is 5.81. The summed E-state index contributed by atoms with van der Waals surface area (Å²) in [5.41, 5.74) is 6.01. The Labute approximate surface area is 97.5 Å². The summed E-state index contributed by atoms with van der Waals surface area (Å²) in [5, 5.41) is 20.0. The van der Waals surface area contributed by atoms with Gasteiger partial charge in [0.05, 0.1) is 5.52 Å². The van der Waals surface area contributed by atoms with Crippen molar-refractivity contribution in [1.82, 2.24) is 4.98 Å². The van der Waals surface area contributed by atoms with Crippen LogP contribution in [0.5, 0.6) is 0 Å². The number of aliphatic hydroxyl groups excluding tert-OH is 2. The zero-order valence-electron chi connectivity index (χ0n) is 8.95. The first kappa shape index (κ1) is 11.5. The average molecular weight is 232 g/mol. The molecule has 1 amide bonds. The molecule has 5 nitrogen and oxygen atoms in total. The minimum absolute atomic E-state index is 0.405. The van der Waals surface area contributed by atoms with Gasteiger partial charge in [0.25, 0.3) is 0 Å². The van der Waals surface area contributed by atoms with E-state index in [1.165, 1.54) is 0 Å². The molecule has 1 aromatic heterocycles. The number of carbonyl (C=O) groups is 1. The van der Waals surface area contributed by atoms with Gasteiger partial charge in [0.15, 0.2) is 6.10 Å². The van der Waals surface area contributed by atoms with Gasteiger partial charge in [-0.25, -0.2) is 0 Å². The monoisotopic (exact) mass is 232 g/mol. The van der Waals surface area contributed by atoms with E-state index >= 15 is 0 Å². The van der Waals surface area contributed by atoms with Crippen LogP contribution in [-0.2, 0) is 4.79 Å². The Bertz CT molecular complexity index is 556. The second kappa shape index (κ2) is 4.48. The molecule has 0 fully saturated rings. The Kier molecular flexibility index (Phi) is 3.03. The van der Waals surface area contributed by atoms with Gasteiger partial charge >= 0.3 is 0 Å². The number of nitrogens with zero attached hydrogens (tertiary/aromatic N) is 1. The quantitative estimate of drug-likeness (QED) is 0.700. The second-order valence-corrected chi connectivity index (χ2v) is 3.75. The molecule has 1 aromatic carbocycles. The van der Waals surface area contributed by atoms with Crippen LogP contribution in [0.4, 0.5) is 0 Å². The van der Waals surface area contributed by atoms with Crippen LogP contribution in [-0.4, -0.2) is 27.2 Å². The third-order valence-corrected chi connectivity index (χ3v) is 2.56. The number of amides is 1. The molecule has 2 aromatic rings. The number of hydrogen-bond donors (Lipinski definition) is 3. The molecule has 0 radical (unpaired) electrons. The number of benzene rings is 1. The van der Waals surface area contributed by atoms with E-state index < -0.39 is 18.1 Å². The van der Waals surface area contributed by atoms with Crippen molar-refractivity contribution in [1.29, 1.82) is 0 Å². The summed E-state index contributed by atoms with van der Waals surface area (Å²) >= 11 is 0. The van der Waals surface area contributed by atoms with Crippen molar-refractivity contribution in [3.8, 4) is 0 Å². The fourth-order valence-electron chi connectivity index (χ4n) is 1.61. The lowest BCUT2D eigenvalue weighted by Crippen LogP contribution is -2.33. The van der Waals surface area contributed by atoms with E-state index in [-0.39, 0.29) is 0 Å². The van der Waals surface area contributed by atoms with Crippen LogP contribution in [0.2, 0.25) is 0 Å². The van der Waals surface area contributed by atoms with E-state index in [1.54, 1.807) is 30.5 Å². The topological polar surface area (TPSA) is 96.4 Å². The number of primary amides is 1. The standard InChI is InChI=1S/C12H12N2O3/c13-12(17)11(16)10(15)8-4-3-7-2-1-5-14-9(7)6-8/h1-6,10-11,15-16H,(H2,13,17). The molecule has 2 unspecified atom stereocenters. The number of aliphatic hydroxyl groups is 2. The van der Waals surface area contributed by atoms with Gasteiger partial charge in [-0.1, -0.05) is 18.2 Å². The maximum Gasteiger partial charge on any atom is 0.249 e. The van der Waals surface area contributed by atoms with Crippen LogP contribution in [0.15, 0.2) is 36.5 Å². The number of pyridine rings is 1. The van der Waals surface area contributed by atoms with E-state index in [9.17, 15) is 15.0 Å². The van der Waals surface area contributed by atoms with Crippen molar-refractivity contribution in [2.45, 2.75) is 12.2 Å². The molecule has 0 spiro atoms. The summed E-state index contributed by atoms with van der Waals surface area (Å²) in [6, 6.07) is 8.68. The Balaban J connectivity index is 2.39. The summed E-state index contributed by atoms with van der Waals surface area (Å²) < 4.78 is 0. The first-order valence-corrected chi connectivity index (χ1v) is 5.10. The molecular formula is C12H12N2O3. The zero-order valence-corrected chi connectivity index (χ0v) is 8.95. The second-order valence-electron chi connectivity index (χ2n) is 3.75. The third kappa shape index (κ3) is 2.25. The summed E-state index contributed by atoms with van der Waals surface area (Å²) in [7, 11) is 0. The van der Waals surface area contributed by atoms with Gasteiger partial charge in [-0.05, 0) is 17.7 Å². The Morgan fingerprint density at radius 2 is 2.06 bits per heavy atom. The van der Waals surface area contributed by atoms with E-state index in [0.717, 1.165) is 5.39 Å². The average Bonchev–Trinajstić information content (AvgIpc) is 2.36. The molecule has 2 atom stereocenters. The highest BCUT2D eigenvalue weighted by atomic mass is 16.3. The number of nitrogens with two attached hydrogens (primary N) is 1. The van der Waals surface area contributed by atoms with Gasteiger partial charge in [0.1, 0.15) is 6.10 Å². The molecule has 0 aliphatic heterocycles. The summed E-state index contributed by atoms with van der Waals surface area (Å²) in [5.74, 6) is -0.960. The van der Waals surface area contributed by atoms with Crippen molar-refractivity contribution in [2.24, 2.45) is 5.73 Å². The van der Waals surface area contributed by atoms with E-state index in [0.29, 0.717) is 11.1 Å². The summed E-state index contributed by atoms with van der Waals surface area (Å²) in [6.45, 7) is 0. The van der Waals surface area contributed by atoms with Crippen LogP contribution >= 0.6 is 0 Å². The lowest BCUT2D eigenvalue weighted by Gasteiger charge is -2.15. The van der Waals surface area contributed by atoms with Crippen molar-refractivity contribution in [2.75, 3.05) is 0 Å². The van der Waals surface area contributed by atoms with Crippen molar-refractivity contribution in [3.63, 3.8) is 0 Å². The largest absolute Gasteiger partial charge is 0.385 e. The Morgan fingerprint density at radius 1 is 1.29 bits per heavy atom. The van der Waals surface area contributed by atoms with Crippen molar-refractivity contribution >= 4 is 16.8 Å². The number of rotatable bonds is 3. The SMILES string of the molecule is NC(=O)C(O)C(O)c1ccc2cccnc2c1. The highest BCUT2D eigenvalue weighted by Gasteiger charge is 2.23.